The largest absolute Gasteiger partial charge is 0.467 e. The molecular weight excluding hydrogens is 304 g/mol. The fraction of sp³-hybridized carbons (Fsp3) is 0.333. The van der Waals surface area contributed by atoms with Crippen LogP contribution in [0.15, 0.2) is 45.5 Å². The first-order valence-corrected chi connectivity index (χ1v) is 7.24. The van der Waals surface area contributed by atoms with E-state index in [-0.39, 0.29) is 0 Å². The smallest absolute Gasteiger partial charge is 0.123 e. The van der Waals surface area contributed by atoms with Gasteiger partial charge >= 0.3 is 0 Å². The molecule has 2 aromatic rings. The van der Waals surface area contributed by atoms with Crippen LogP contribution < -0.4 is 10.2 Å². The van der Waals surface area contributed by atoms with Crippen molar-refractivity contribution in [2.24, 2.45) is 0 Å². The first-order valence-electron chi connectivity index (χ1n) is 6.45. The Morgan fingerprint density at radius 1 is 1.32 bits per heavy atom. The maximum atomic E-state index is 5.44. The summed E-state index contributed by atoms with van der Waals surface area (Å²) in [6.45, 7) is 4.75. The SMILES string of the molecule is CCN(Cc1ccco1)c1ccc(Br)cc1CNC. The molecule has 0 aliphatic heterocycles. The molecule has 1 heterocycles. The van der Waals surface area contributed by atoms with E-state index in [1.807, 2.05) is 19.2 Å². The summed E-state index contributed by atoms with van der Waals surface area (Å²) in [5, 5.41) is 3.22. The van der Waals surface area contributed by atoms with E-state index >= 15 is 0 Å². The summed E-state index contributed by atoms with van der Waals surface area (Å²) in [7, 11) is 1.97. The highest BCUT2D eigenvalue weighted by Gasteiger charge is 2.11. The molecule has 1 aromatic carbocycles. The Bertz CT molecular complexity index is 511. The molecule has 102 valence electrons. The zero-order valence-electron chi connectivity index (χ0n) is 11.3. The molecule has 2 rings (SSSR count). The van der Waals surface area contributed by atoms with E-state index in [2.05, 4.69) is 51.3 Å². The predicted molar refractivity (Wildman–Crippen MR) is 82.3 cm³/mol. The minimum atomic E-state index is 0.793. The maximum Gasteiger partial charge on any atom is 0.123 e. The van der Waals surface area contributed by atoms with Gasteiger partial charge in [-0.05, 0) is 49.9 Å². The lowest BCUT2D eigenvalue weighted by molar-refractivity contribution is 0.503. The molecule has 1 aromatic heterocycles. The Labute approximate surface area is 122 Å². The first-order chi connectivity index (χ1) is 9.24. The minimum Gasteiger partial charge on any atom is -0.467 e. The quantitative estimate of drug-likeness (QED) is 0.877. The highest BCUT2D eigenvalue weighted by molar-refractivity contribution is 9.10. The lowest BCUT2D eigenvalue weighted by Crippen LogP contribution is -2.24. The van der Waals surface area contributed by atoms with E-state index in [0.29, 0.717) is 0 Å². The molecule has 0 saturated heterocycles. The van der Waals surface area contributed by atoms with Crippen LogP contribution in [-0.4, -0.2) is 13.6 Å². The Balaban J connectivity index is 2.26. The van der Waals surface area contributed by atoms with Crippen molar-refractivity contribution in [2.75, 3.05) is 18.5 Å². The third-order valence-electron chi connectivity index (χ3n) is 3.06. The molecule has 0 spiro atoms. The van der Waals surface area contributed by atoms with Crippen molar-refractivity contribution >= 4 is 21.6 Å². The van der Waals surface area contributed by atoms with Crippen LogP contribution in [0.3, 0.4) is 0 Å². The van der Waals surface area contributed by atoms with Gasteiger partial charge in [-0.15, -0.1) is 0 Å². The van der Waals surface area contributed by atoms with Crippen LogP contribution in [0.1, 0.15) is 18.2 Å². The number of hydrogen-bond donors (Lipinski definition) is 1. The van der Waals surface area contributed by atoms with E-state index in [0.717, 1.165) is 29.9 Å². The molecule has 0 bridgehead atoms. The average molecular weight is 323 g/mol. The summed E-state index contributed by atoms with van der Waals surface area (Å²) in [5.74, 6) is 0.986. The van der Waals surface area contributed by atoms with Crippen molar-refractivity contribution in [1.82, 2.24) is 5.32 Å². The summed E-state index contributed by atoms with van der Waals surface area (Å²) in [5.41, 5.74) is 2.53. The summed E-state index contributed by atoms with van der Waals surface area (Å²) >= 11 is 3.53. The molecule has 0 amide bonds. The third-order valence-corrected chi connectivity index (χ3v) is 3.55. The molecule has 0 radical (unpaired) electrons. The van der Waals surface area contributed by atoms with E-state index < -0.39 is 0 Å². The zero-order chi connectivity index (χ0) is 13.7. The van der Waals surface area contributed by atoms with Crippen LogP contribution in [0.25, 0.3) is 0 Å². The Kier molecular flexibility index (Phi) is 5.05. The van der Waals surface area contributed by atoms with Gasteiger partial charge in [-0.2, -0.15) is 0 Å². The summed E-state index contributed by atoms with van der Waals surface area (Å²) in [4.78, 5) is 2.32. The normalized spacial score (nSPS) is 10.7. The van der Waals surface area contributed by atoms with Crippen molar-refractivity contribution in [1.29, 1.82) is 0 Å². The van der Waals surface area contributed by atoms with Crippen molar-refractivity contribution in [3.8, 4) is 0 Å². The van der Waals surface area contributed by atoms with Gasteiger partial charge in [-0.25, -0.2) is 0 Å². The van der Waals surface area contributed by atoms with E-state index in [9.17, 15) is 0 Å². The Hall–Kier alpha value is -1.26. The number of benzene rings is 1. The van der Waals surface area contributed by atoms with Crippen molar-refractivity contribution < 1.29 is 4.42 Å². The molecule has 0 aliphatic carbocycles. The van der Waals surface area contributed by atoms with E-state index in [1.54, 1.807) is 6.26 Å². The van der Waals surface area contributed by atoms with E-state index in [4.69, 9.17) is 4.42 Å². The van der Waals surface area contributed by atoms with Crippen LogP contribution in [-0.2, 0) is 13.1 Å². The van der Waals surface area contributed by atoms with Gasteiger partial charge in [0.2, 0.25) is 0 Å². The zero-order valence-corrected chi connectivity index (χ0v) is 12.9. The first kappa shape index (κ1) is 14.2. The van der Waals surface area contributed by atoms with Crippen LogP contribution >= 0.6 is 15.9 Å². The van der Waals surface area contributed by atoms with Crippen LogP contribution in [0, 0.1) is 0 Å². The second kappa shape index (κ2) is 6.78. The third kappa shape index (κ3) is 3.61. The lowest BCUT2D eigenvalue weighted by Gasteiger charge is -2.25. The van der Waals surface area contributed by atoms with Gasteiger partial charge in [0.1, 0.15) is 5.76 Å². The van der Waals surface area contributed by atoms with Gasteiger partial charge in [0.25, 0.3) is 0 Å². The molecule has 3 nitrogen and oxygen atoms in total. The van der Waals surface area contributed by atoms with Crippen molar-refractivity contribution in [3.05, 3.63) is 52.4 Å². The molecule has 0 saturated carbocycles. The number of nitrogens with one attached hydrogen (secondary N) is 1. The molecule has 0 atom stereocenters. The Morgan fingerprint density at radius 3 is 2.79 bits per heavy atom. The number of nitrogens with zero attached hydrogens (tertiary/aromatic N) is 1. The fourth-order valence-corrected chi connectivity index (χ4v) is 2.56. The van der Waals surface area contributed by atoms with Gasteiger partial charge in [0.15, 0.2) is 0 Å². The summed E-state index contributed by atoms with van der Waals surface area (Å²) in [6, 6.07) is 10.3. The van der Waals surface area contributed by atoms with Crippen LogP contribution in [0.2, 0.25) is 0 Å². The Morgan fingerprint density at radius 2 is 2.16 bits per heavy atom. The van der Waals surface area contributed by atoms with Gasteiger partial charge in [0, 0.05) is 23.2 Å². The van der Waals surface area contributed by atoms with Gasteiger partial charge in [0.05, 0.1) is 12.8 Å². The fourth-order valence-electron chi connectivity index (χ4n) is 2.15. The number of furan rings is 1. The standard InChI is InChI=1S/C15H19BrN2O/c1-3-18(11-14-5-4-8-19-14)15-7-6-13(16)9-12(15)10-17-2/h4-9,17H,3,10-11H2,1-2H3. The molecule has 4 heteroatoms. The van der Waals surface area contributed by atoms with Crippen LogP contribution in [0.5, 0.6) is 0 Å². The molecular formula is C15H19BrN2O. The summed E-state index contributed by atoms with van der Waals surface area (Å²) < 4.78 is 6.55. The minimum absolute atomic E-state index is 0.793. The number of halogens is 1. The van der Waals surface area contributed by atoms with Crippen molar-refractivity contribution in [3.63, 3.8) is 0 Å². The monoisotopic (exact) mass is 322 g/mol. The van der Waals surface area contributed by atoms with E-state index in [1.165, 1.54) is 11.3 Å². The van der Waals surface area contributed by atoms with Crippen molar-refractivity contribution in [2.45, 2.75) is 20.0 Å². The summed E-state index contributed by atoms with van der Waals surface area (Å²) in [6.07, 6.45) is 1.72. The second-order valence-electron chi connectivity index (χ2n) is 4.40. The number of rotatable bonds is 6. The highest BCUT2D eigenvalue weighted by Crippen LogP contribution is 2.26. The molecule has 1 N–H and O–H groups in total. The van der Waals surface area contributed by atoms with Gasteiger partial charge in [-0.1, -0.05) is 15.9 Å². The number of anilines is 1. The molecule has 0 fully saturated rings. The molecule has 19 heavy (non-hydrogen) atoms. The maximum absolute atomic E-state index is 5.44. The molecule has 0 unspecified atom stereocenters. The second-order valence-corrected chi connectivity index (χ2v) is 5.31. The predicted octanol–water partition coefficient (Wildman–Crippen LogP) is 3.79. The highest BCUT2D eigenvalue weighted by atomic mass is 79.9. The lowest BCUT2D eigenvalue weighted by atomic mass is 10.1. The average Bonchev–Trinajstić information content (AvgIpc) is 2.90. The van der Waals surface area contributed by atoms with Crippen LogP contribution in [0.4, 0.5) is 5.69 Å². The topological polar surface area (TPSA) is 28.4 Å². The van der Waals surface area contributed by atoms with Gasteiger partial charge in [-0.3, -0.25) is 0 Å². The molecule has 0 aliphatic rings. The number of hydrogen-bond acceptors (Lipinski definition) is 3. The van der Waals surface area contributed by atoms with Gasteiger partial charge < -0.3 is 14.6 Å².